The lowest BCUT2D eigenvalue weighted by molar-refractivity contribution is 0.117. The molecular weight excluding hydrogens is 293 g/mol. The highest BCUT2D eigenvalue weighted by Gasteiger charge is 2.09. The van der Waals surface area contributed by atoms with Crippen LogP contribution in [-0.4, -0.2) is 24.4 Å². The summed E-state index contributed by atoms with van der Waals surface area (Å²) in [6.07, 6.45) is -0.750. The summed E-state index contributed by atoms with van der Waals surface area (Å²) in [7, 11) is 0. The number of anilines is 1. The molecule has 5 heteroatoms. The highest BCUT2D eigenvalue weighted by Crippen LogP contribution is 2.19. The molecule has 2 rings (SSSR count). The van der Waals surface area contributed by atoms with Gasteiger partial charge in [0, 0.05) is 11.6 Å². The molecule has 2 aromatic carbocycles. The van der Waals surface area contributed by atoms with Crippen LogP contribution in [-0.2, 0) is 0 Å². The Bertz CT molecular complexity index is 569. The molecule has 1 atom stereocenters. The SMILES string of the molecule is Cc1cccc(F)c1NCC(O)COc1ccc(Cl)cc1. The van der Waals surface area contributed by atoms with Gasteiger partial charge in [0.15, 0.2) is 0 Å². The Hall–Kier alpha value is -1.78. The maximum absolute atomic E-state index is 13.6. The summed E-state index contributed by atoms with van der Waals surface area (Å²) in [5, 5.41) is 13.4. The Morgan fingerprint density at radius 3 is 2.62 bits per heavy atom. The van der Waals surface area contributed by atoms with Gasteiger partial charge in [-0.25, -0.2) is 4.39 Å². The molecule has 0 fully saturated rings. The fourth-order valence-electron chi connectivity index (χ4n) is 1.86. The minimum Gasteiger partial charge on any atom is -0.491 e. The second-order valence-electron chi connectivity index (χ2n) is 4.73. The van der Waals surface area contributed by atoms with E-state index in [1.807, 2.05) is 13.0 Å². The summed E-state index contributed by atoms with van der Waals surface area (Å²) in [6, 6.07) is 11.7. The van der Waals surface area contributed by atoms with Crippen molar-refractivity contribution < 1.29 is 14.2 Å². The van der Waals surface area contributed by atoms with Crippen LogP contribution in [0.2, 0.25) is 5.02 Å². The van der Waals surface area contributed by atoms with Gasteiger partial charge in [-0.3, -0.25) is 0 Å². The van der Waals surface area contributed by atoms with E-state index in [1.165, 1.54) is 6.07 Å². The van der Waals surface area contributed by atoms with Crippen LogP contribution in [0.3, 0.4) is 0 Å². The summed E-state index contributed by atoms with van der Waals surface area (Å²) in [5.41, 5.74) is 1.20. The molecule has 0 aliphatic carbocycles. The first-order valence-corrected chi connectivity index (χ1v) is 6.99. The molecule has 2 aromatic rings. The van der Waals surface area contributed by atoms with E-state index in [9.17, 15) is 9.50 Å². The lowest BCUT2D eigenvalue weighted by atomic mass is 10.2. The fourth-order valence-corrected chi connectivity index (χ4v) is 1.98. The number of aryl methyl sites for hydroxylation is 1. The zero-order chi connectivity index (χ0) is 15.2. The van der Waals surface area contributed by atoms with Crippen LogP contribution in [0.1, 0.15) is 5.56 Å². The Kier molecular flexibility index (Phi) is 5.42. The third-order valence-electron chi connectivity index (χ3n) is 2.99. The molecule has 0 saturated carbocycles. The average Bonchev–Trinajstić information content (AvgIpc) is 2.46. The number of hydrogen-bond donors (Lipinski definition) is 2. The first-order chi connectivity index (χ1) is 10.1. The zero-order valence-electron chi connectivity index (χ0n) is 11.6. The van der Waals surface area contributed by atoms with E-state index in [0.29, 0.717) is 16.5 Å². The molecule has 0 aromatic heterocycles. The van der Waals surface area contributed by atoms with Gasteiger partial charge in [-0.05, 0) is 42.8 Å². The van der Waals surface area contributed by atoms with Crippen molar-refractivity contribution in [3.05, 3.63) is 58.9 Å². The number of rotatable bonds is 6. The molecule has 21 heavy (non-hydrogen) atoms. The number of nitrogens with one attached hydrogen (secondary N) is 1. The number of aliphatic hydroxyl groups excluding tert-OH is 1. The summed E-state index contributed by atoms with van der Waals surface area (Å²) in [4.78, 5) is 0. The minimum atomic E-state index is -0.750. The van der Waals surface area contributed by atoms with E-state index in [1.54, 1.807) is 30.3 Å². The number of hydrogen-bond acceptors (Lipinski definition) is 3. The van der Waals surface area contributed by atoms with Crippen LogP contribution >= 0.6 is 11.6 Å². The average molecular weight is 310 g/mol. The van der Waals surface area contributed by atoms with E-state index in [-0.39, 0.29) is 19.0 Å². The predicted octanol–water partition coefficient (Wildman–Crippen LogP) is 3.64. The summed E-state index contributed by atoms with van der Waals surface area (Å²) in [6.45, 7) is 2.12. The largest absolute Gasteiger partial charge is 0.491 e. The second kappa shape index (κ2) is 7.29. The van der Waals surface area contributed by atoms with Crippen molar-refractivity contribution in [3.8, 4) is 5.75 Å². The molecule has 0 aliphatic rings. The van der Waals surface area contributed by atoms with Gasteiger partial charge in [0.25, 0.3) is 0 Å². The van der Waals surface area contributed by atoms with Crippen molar-refractivity contribution in [2.75, 3.05) is 18.5 Å². The predicted molar refractivity (Wildman–Crippen MR) is 82.6 cm³/mol. The van der Waals surface area contributed by atoms with Crippen molar-refractivity contribution in [1.29, 1.82) is 0 Å². The summed E-state index contributed by atoms with van der Waals surface area (Å²) >= 11 is 5.77. The topological polar surface area (TPSA) is 41.5 Å². The number of ether oxygens (including phenoxy) is 1. The van der Waals surface area contributed by atoms with Crippen LogP contribution in [0.15, 0.2) is 42.5 Å². The summed E-state index contributed by atoms with van der Waals surface area (Å²) in [5.74, 6) is 0.293. The first kappa shape index (κ1) is 15.6. The number of halogens is 2. The molecule has 0 radical (unpaired) electrons. The zero-order valence-corrected chi connectivity index (χ0v) is 12.4. The Morgan fingerprint density at radius 1 is 1.24 bits per heavy atom. The fraction of sp³-hybridized carbons (Fsp3) is 0.250. The van der Waals surface area contributed by atoms with Crippen LogP contribution in [0.5, 0.6) is 5.75 Å². The van der Waals surface area contributed by atoms with Crippen LogP contribution in [0.4, 0.5) is 10.1 Å². The Morgan fingerprint density at radius 2 is 1.95 bits per heavy atom. The molecule has 2 N–H and O–H groups in total. The number of para-hydroxylation sites is 1. The molecular formula is C16H17ClFNO2. The molecule has 3 nitrogen and oxygen atoms in total. The van der Waals surface area contributed by atoms with Gasteiger partial charge < -0.3 is 15.2 Å². The van der Waals surface area contributed by atoms with Crippen molar-refractivity contribution in [2.45, 2.75) is 13.0 Å². The molecule has 0 saturated heterocycles. The molecule has 1 unspecified atom stereocenters. The maximum Gasteiger partial charge on any atom is 0.146 e. The molecule has 0 spiro atoms. The van der Waals surface area contributed by atoms with Crippen LogP contribution in [0.25, 0.3) is 0 Å². The van der Waals surface area contributed by atoms with Gasteiger partial charge in [0.2, 0.25) is 0 Å². The van der Waals surface area contributed by atoms with E-state index < -0.39 is 6.10 Å². The molecule has 0 bridgehead atoms. The van der Waals surface area contributed by atoms with Crippen LogP contribution in [0, 0.1) is 12.7 Å². The lowest BCUT2D eigenvalue weighted by Crippen LogP contribution is -2.26. The quantitative estimate of drug-likeness (QED) is 0.856. The molecule has 0 aliphatic heterocycles. The maximum atomic E-state index is 13.6. The third kappa shape index (κ3) is 4.62. The van der Waals surface area contributed by atoms with Gasteiger partial charge >= 0.3 is 0 Å². The van der Waals surface area contributed by atoms with Gasteiger partial charge in [0.05, 0.1) is 5.69 Å². The minimum absolute atomic E-state index is 0.113. The van der Waals surface area contributed by atoms with Crippen molar-refractivity contribution in [1.82, 2.24) is 0 Å². The molecule has 0 heterocycles. The van der Waals surface area contributed by atoms with Gasteiger partial charge in [-0.1, -0.05) is 23.7 Å². The van der Waals surface area contributed by atoms with E-state index >= 15 is 0 Å². The van der Waals surface area contributed by atoms with Crippen molar-refractivity contribution in [2.24, 2.45) is 0 Å². The highest BCUT2D eigenvalue weighted by atomic mass is 35.5. The van der Waals surface area contributed by atoms with Crippen LogP contribution < -0.4 is 10.1 Å². The lowest BCUT2D eigenvalue weighted by Gasteiger charge is -2.15. The van der Waals surface area contributed by atoms with Gasteiger partial charge in [0.1, 0.15) is 24.3 Å². The Balaban J connectivity index is 1.82. The number of benzene rings is 2. The van der Waals surface area contributed by atoms with Gasteiger partial charge in [-0.15, -0.1) is 0 Å². The molecule has 0 amide bonds. The highest BCUT2D eigenvalue weighted by molar-refractivity contribution is 6.30. The second-order valence-corrected chi connectivity index (χ2v) is 5.17. The van der Waals surface area contributed by atoms with E-state index in [4.69, 9.17) is 16.3 Å². The standard InChI is InChI=1S/C16H17ClFNO2/c1-11-3-2-4-15(18)16(11)19-9-13(20)10-21-14-7-5-12(17)6-8-14/h2-8,13,19-20H,9-10H2,1H3. The monoisotopic (exact) mass is 309 g/mol. The molecule has 112 valence electrons. The number of aliphatic hydroxyl groups is 1. The van der Waals surface area contributed by atoms with E-state index in [0.717, 1.165) is 5.56 Å². The van der Waals surface area contributed by atoms with Gasteiger partial charge in [-0.2, -0.15) is 0 Å². The van der Waals surface area contributed by atoms with Crippen molar-refractivity contribution in [3.63, 3.8) is 0 Å². The third-order valence-corrected chi connectivity index (χ3v) is 3.24. The Labute approximate surface area is 128 Å². The first-order valence-electron chi connectivity index (χ1n) is 6.61. The van der Waals surface area contributed by atoms with E-state index in [2.05, 4.69) is 5.32 Å². The smallest absolute Gasteiger partial charge is 0.146 e. The van der Waals surface area contributed by atoms with Crippen molar-refractivity contribution >= 4 is 17.3 Å². The normalized spacial score (nSPS) is 12.0. The summed E-state index contributed by atoms with van der Waals surface area (Å²) < 4.78 is 19.0.